The third-order valence-corrected chi connectivity index (χ3v) is 5.79. The lowest BCUT2D eigenvalue weighted by Crippen LogP contribution is -2.47. The molecule has 0 atom stereocenters. The maximum atomic E-state index is 6.62. The van der Waals surface area contributed by atoms with Crippen LogP contribution in [-0.4, -0.2) is 10.5 Å². The van der Waals surface area contributed by atoms with Crippen LogP contribution in [0.25, 0.3) is 0 Å². The highest BCUT2D eigenvalue weighted by atomic mass is 79.9. The number of hydrogen-bond acceptors (Lipinski definition) is 2. The van der Waals surface area contributed by atoms with E-state index in [1.807, 2.05) is 6.20 Å². The van der Waals surface area contributed by atoms with E-state index in [-0.39, 0.29) is 5.54 Å². The molecule has 1 aliphatic rings. The van der Waals surface area contributed by atoms with Crippen LogP contribution >= 0.6 is 15.9 Å². The lowest BCUT2D eigenvalue weighted by Gasteiger charge is -2.43. The zero-order valence-corrected chi connectivity index (χ0v) is 14.5. The lowest BCUT2D eigenvalue weighted by atomic mass is 9.65. The van der Waals surface area contributed by atoms with Gasteiger partial charge in [-0.1, -0.05) is 27.2 Å². The van der Waals surface area contributed by atoms with Crippen LogP contribution in [0.4, 0.5) is 0 Å². The van der Waals surface area contributed by atoms with Gasteiger partial charge in [0.2, 0.25) is 0 Å². The van der Waals surface area contributed by atoms with Crippen molar-refractivity contribution in [2.24, 2.45) is 17.1 Å². The fourth-order valence-electron chi connectivity index (χ4n) is 3.31. The highest BCUT2D eigenvalue weighted by Crippen LogP contribution is 2.43. The molecule has 0 unspecified atom stereocenters. The molecule has 0 radical (unpaired) electrons. The van der Waals surface area contributed by atoms with Crippen LogP contribution in [0.1, 0.15) is 58.6 Å². The number of hydrogen-bond donors (Lipinski definition) is 1. The second kappa shape index (κ2) is 6.15. The minimum Gasteiger partial charge on any atom is -0.325 e. The van der Waals surface area contributed by atoms with Gasteiger partial charge in [-0.05, 0) is 65.1 Å². The van der Waals surface area contributed by atoms with Crippen molar-refractivity contribution in [2.75, 3.05) is 0 Å². The largest absolute Gasteiger partial charge is 0.325 e. The second-order valence-corrected chi connectivity index (χ2v) is 8.04. The normalized spacial score (nSPS) is 27.6. The van der Waals surface area contributed by atoms with Crippen molar-refractivity contribution in [3.05, 3.63) is 28.5 Å². The summed E-state index contributed by atoms with van der Waals surface area (Å²) in [5.74, 6) is 0.821. The van der Waals surface area contributed by atoms with Crippen molar-refractivity contribution < 1.29 is 0 Å². The van der Waals surface area contributed by atoms with E-state index in [0.29, 0.717) is 5.41 Å². The molecule has 3 heteroatoms. The van der Waals surface area contributed by atoms with Crippen LogP contribution in [0.5, 0.6) is 0 Å². The predicted octanol–water partition coefficient (Wildman–Crippen LogP) is 4.71. The Hall–Kier alpha value is -0.410. The fraction of sp³-hybridized carbons (Fsp3) is 0.706. The van der Waals surface area contributed by atoms with Crippen LogP contribution in [0, 0.1) is 11.3 Å². The van der Waals surface area contributed by atoms with Crippen LogP contribution in [0.2, 0.25) is 0 Å². The van der Waals surface area contributed by atoms with E-state index in [0.717, 1.165) is 35.3 Å². The van der Waals surface area contributed by atoms with Crippen LogP contribution in [-0.2, 0) is 6.42 Å². The molecule has 1 aliphatic carbocycles. The van der Waals surface area contributed by atoms with Crippen molar-refractivity contribution >= 4 is 15.9 Å². The quantitative estimate of drug-likeness (QED) is 0.863. The maximum Gasteiger partial charge on any atom is 0.0422 e. The molecular formula is C17H27BrN2. The van der Waals surface area contributed by atoms with E-state index in [1.54, 1.807) is 0 Å². The highest BCUT2D eigenvalue weighted by Gasteiger charge is 2.37. The lowest BCUT2D eigenvalue weighted by molar-refractivity contribution is 0.115. The molecule has 0 saturated heterocycles. The molecule has 112 valence electrons. The van der Waals surface area contributed by atoms with Gasteiger partial charge >= 0.3 is 0 Å². The van der Waals surface area contributed by atoms with E-state index in [1.165, 1.54) is 19.3 Å². The van der Waals surface area contributed by atoms with Gasteiger partial charge in [-0.25, -0.2) is 0 Å². The Morgan fingerprint density at radius 3 is 2.50 bits per heavy atom. The molecule has 2 rings (SSSR count). The molecule has 0 bridgehead atoms. The molecule has 0 aromatic carbocycles. The number of halogens is 1. The van der Waals surface area contributed by atoms with E-state index < -0.39 is 0 Å². The fourth-order valence-corrected chi connectivity index (χ4v) is 3.55. The third-order valence-electron chi connectivity index (χ3n) is 5.32. The molecule has 1 saturated carbocycles. The summed E-state index contributed by atoms with van der Waals surface area (Å²) >= 11 is 3.43. The monoisotopic (exact) mass is 338 g/mol. The van der Waals surface area contributed by atoms with Crippen molar-refractivity contribution in [1.82, 2.24) is 4.98 Å². The maximum absolute atomic E-state index is 6.62. The van der Waals surface area contributed by atoms with Gasteiger partial charge in [-0.3, -0.25) is 4.98 Å². The second-order valence-electron chi connectivity index (χ2n) is 7.12. The standard InChI is InChI=1S/C17H27BrN2/c1-4-16(2,3)13-7-9-17(19,10-8-13)11-15-6-5-14(18)12-20-15/h5-6,12-13H,4,7-11,19H2,1-3H3. The summed E-state index contributed by atoms with van der Waals surface area (Å²) in [5.41, 5.74) is 8.14. The van der Waals surface area contributed by atoms with Gasteiger partial charge in [0.05, 0.1) is 0 Å². The zero-order valence-electron chi connectivity index (χ0n) is 13.0. The van der Waals surface area contributed by atoms with Crippen LogP contribution in [0.3, 0.4) is 0 Å². The summed E-state index contributed by atoms with van der Waals surface area (Å²) in [5, 5.41) is 0. The van der Waals surface area contributed by atoms with E-state index in [9.17, 15) is 0 Å². The van der Waals surface area contributed by atoms with Gasteiger partial charge in [0, 0.05) is 28.3 Å². The summed E-state index contributed by atoms with van der Waals surface area (Å²) < 4.78 is 1.03. The van der Waals surface area contributed by atoms with Crippen molar-refractivity contribution in [3.8, 4) is 0 Å². The SMILES string of the molecule is CCC(C)(C)C1CCC(N)(Cc2ccc(Br)cn2)CC1. The first kappa shape index (κ1) is 16.0. The van der Waals surface area contributed by atoms with Gasteiger partial charge < -0.3 is 5.73 Å². The Labute approximate surface area is 131 Å². The number of nitrogens with zero attached hydrogens (tertiary/aromatic N) is 1. The van der Waals surface area contributed by atoms with Crippen molar-refractivity contribution in [2.45, 2.75) is 64.8 Å². The Bertz CT molecular complexity index is 431. The Morgan fingerprint density at radius 2 is 2.00 bits per heavy atom. The molecule has 0 spiro atoms. The molecule has 2 N–H and O–H groups in total. The summed E-state index contributed by atoms with van der Waals surface area (Å²) in [7, 11) is 0. The topological polar surface area (TPSA) is 38.9 Å². The Balaban J connectivity index is 1.96. The molecule has 0 aliphatic heterocycles. The summed E-state index contributed by atoms with van der Waals surface area (Å²) in [6.07, 6.45) is 8.78. The minimum atomic E-state index is -0.0544. The van der Waals surface area contributed by atoms with E-state index >= 15 is 0 Å². The average molecular weight is 339 g/mol. The first-order valence-corrected chi connectivity index (χ1v) is 8.53. The van der Waals surface area contributed by atoms with E-state index in [4.69, 9.17) is 5.73 Å². The summed E-state index contributed by atoms with van der Waals surface area (Å²) in [6.45, 7) is 7.10. The smallest absolute Gasteiger partial charge is 0.0422 e. The number of nitrogens with two attached hydrogens (primary N) is 1. The third kappa shape index (κ3) is 3.82. The van der Waals surface area contributed by atoms with Crippen molar-refractivity contribution in [1.29, 1.82) is 0 Å². The van der Waals surface area contributed by atoms with E-state index in [2.05, 4.69) is 53.8 Å². The zero-order chi connectivity index (χ0) is 14.8. The molecule has 1 heterocycles. The summed E-state index contributed by atoms with van der Waals surface area (Å²) in [4.78, 5) is 4.47. The van der Waals surface area contributed by atoms with Crippen molar-refractivity contribution in [3.63, 3.8) is 0 Å². The Morgan fingerprint density at radius 1 is 1.35 bits per heavy atom. The predicted molar refractivity (Wildman–Crippen MR) is 88.6 cm³/mol. The number of rotatable bonds is 4. The molecular weight excluding hydrogens is 312 g/mol. The summed E-state index contributed by atoms with van der Waals surface area (Å²) in [6, 6.07) is 4.14. The van der Waals surface area contributed by atoms with Gasteiger partial charge in [-0.2, -0.15) is 0 Å². The Kier molecular flexibility index (Phi) is 4.91. The van der Waals surface area contributed by atoms with Gasteiger partial charge in [0.1, 0.15) is 0 Å². The molecule has 0 amide bonds. The molecule has 2 nitrogen and oxygen atoms in total. The first-order valence-electron chi connectivity index (χ1n) is 7.74. The minimum absolute atomic E-state index is 0.0544. The number of aromatic nitrogens is 1. The molecule has 1 aromatic rings. The van der Waals surface area contributed by atoms with Crippen LogP contribution < -0.4 is 5.73 Å². The van der Waals surface area contributed by atoms with Gasteiger partial charge in [0.15, 0.2) is 0 Å². The van der Waals surface area contributed by atoms with Crippen LogP contribution in [0.15, 0.2) is 22.8 Å². The van der Waals surface area contributed by atoms with Gasteiger partial charge in [-0.15, -0.1) is 0 Å². The first-order chi connectivity index (χ1) is 9.35. The molecule has 20 heavy (non-hydrogen) atoms. The molecule has 1 aromatic heterocycles. The number of pyridine rings is 1. The highest BCUT2D eigenvalue weighted by molar-refractivity contribution is 9.10. The molecule has 1 fully saturated rings. The average Bonchev–Trinajstić information content (AvgIpc) is 2.42. The van der Waals surface area contributed by atoms with Gasteiger partial charge in [0.25, 0.3) is 0 Å².